The van der Waals surface area contributed by atoms with E-state index in [1.807, 2.05) is 6.92 Å². The summed E-state index contributed by atoms with van der Waals surface area (Å²) in [5, 5.41) is 0. The number of nitrogens with two attached hydrogens (primary N) is 1. The molecule has 3 nitrogen and oxygen atoms in total. The van der Waals surface area contributed by atoms with Gasteiger partial charge in [-0.25, -0.2) is 0 Å². The minimum absolute atomic E-state index is 0.147. The zero-order valence-corrected chi connectivity index (χ0v) is 9.00. The lowest BCUT2D eigenvalue weighted by atomic mass is 9.92. The number of carbonyl (C=O) groups is 1. The van der Waals surface area contributed by atoms with Crippen molar-refractivity contribution in [1.82, 2.24) is 0 Å². The summed E-state index contributed by atoms with van der Waals surface area (Å²) in [4.78, 5) is 11.5. The van der Waals surface area contributed by atoms with Gasteiger partial charge in [-0.1, -0.05) is 0 Å². The lowest BCUT2D eigenvalue weighted by molar-refractivity contribution is -0.120. The van der Waals surface area contributed by atoms with Crippen LogP contribution in [0.4, 0.5) is 0 Å². The van der Waals surface area contributed by atoms with E-state index < -0.39 is 0 Å². The molecule has 1 saturated heterocycles. The average molecular weight is 199 g/mol. The van der Waals surface area contributed by atoms with E-state index in [0.717, 1.165) is 38.9 Å². The molecule has 1 unspecified atom stereocenters. The van der Waals surface area contributed by atoms with E-state index in [1.54, 1.807) is 0 Å². The third-order valence-electron chi connectivity index (χ3n) is 2.74. The Morgan fingerprint density at radius 3 is 2.71 bits per heavy atom. The van der Waals surface area contributed by atoms with Gasteiger partial charge in [-0.05, 0) is 32.1 Å². The molecular formula is C11H21NO2. The van der Waals surface area contributed by atoms with Gasteiger partial charge in [-0.3, -0.25) is 4.79 Å². The molecule has 1 fully saturated rings. The topological polar surface area (TPSA) is 52.3 Å². The summed E-state index contributed by atoms with van der Waals surface area (Å²) in [5.41, 5.74) is 5.60. The van der Waals surface area contributed by atoms with E-state index in [9.17, 15) is 4.79 Å². The van der Waals surface area contributed by atoms with E-state index in [0.29, 0.717) is 18.1 Å². The smallest absolute Gasteiger partial charge is 0.133 e. The third-order valence-corrected chi connectivity index (χ3v) is 2.74. The molecule has 14 heavy (non-hydrogen) atoms. The monoisotopic (exact) mass is 199 g/mol. The highest BCUT2D eigenvalue weighted by Crippen LogP contribution is 2.19. The highest BCUT2D eigenvalue weighted by Gasteiger charge is 2.17. The number of carbonyl (C=O) groups excluding carboxylic acids is 1. The lowest BCUT2D eigenvalue weighted by Gasteiger charge is -2.21. The number of hydrogen-bond acceptors (Lipinski definition) is 3. The summed E-state index contributed by atoms with van der Waals surface area (Å²) in [6.07, 6.45) is 4.29. The van der Waals surface area contributed by atoms with Gasteiger partial charge in [0.2, 0.25) is 0 Å². The molecule has 0 aromatic carbocycles. The average Bonchev–Trinajstić information content (AvgIpc) is 2.16. The summed E-state index contributed by atoms with van der Waals surface area (Å²) < 4.78 is 5.25. The number of ether oxygens (including phenoxy) is 1. The maximum atomic E-state index is 11.5. The number of rotatable bonds is 5. The fourth-order valence-corrected chi connectivity index (χ4v) is 1.76. The number of Topliss-reactive ketones (excluding diaryl/α,β-unsaturated/α-hetero) is 1. The van der Waals surface area contributed by atoms with Gasteiger partial charge < -0.3 is 10.5 Å². The van der Waals surface area contributed by atoms with E-state index in [2.05, 4.69) is 0 Å². The van der Waals surface area contributed by atoms with Gasteiger partial charge in [0.15, 0.2) is 0 Å². The summed E-state index contributed by atoms with van der Waals surface area (Å²) in [7, 11) is 0. The first-order chi connectivity index (χ1) is 6.68. The Morgan fingerprint density at radius 1 is 1.50 bits per heavy atom. The van der Waals surface area contributed by atoms with Crippen molar-refractivity contribution in [1.29, 1.82) is 0 Å². The lowest BCUT2D eigenvalue weighted by Crippen LogP contribution is -2.20. The molecule has 0 saturated carbocycles. The third kappa shape index (κ3) is 4.72. The molecule has 0 spiro atoms. The molecule has 0 aliphatic carbocycles. The Balaban J connectivity index is 2.12. The van der Waals surface area contributed by atoms with Gasteiger partial charge >= 0.3 is 0 Å². The Bertz CT molecular complexity index is 174. The second-order valence-corrected chi connectivity index (χ2v) is 4.31. The van der Waals surface area contributed by atoms with Crippen molar-refractivity contribution in [3.8, 4) is 0 Å². The highest BCUT2D eigenvalue weighted by atomic mass is 16.5. The van der Waals surface area contributed by atoms with E-state index in [1.165, 1.54) is 0 Å². The van der Waals surface area contributed by atoms with Crippen molar-refractivity contribution in [2.24, 2.45) is 11.7 Å². The summed E-state index contributed by atoms with van der Waals surface area (Å²) in [6, 6.07) is 0.147. The van der Waals surface area contributed by atoms with Crippen LogP contribution < -0.4 is 5.73 Å². The van der Waals surface area contributed by atoms with Gasteiger partial charge in [0, 0.05) is 32.1 Å². The molecule has 0 radical (unpaired) electrons. The Morgan fingerprint density at radius 2 is 2.14 bits per heavy atom. The maximum absolute atomic E-state index is 11.5. The molecule has 1 rings (SSSR count). The molecule has 0 aromatic rings. The normalized spacial score (nSPS) is 20.7. The minimum atomic E-state index is 0.147. The fraction of sp³-hybridized carbons (Fsp3) is 0.909. The predicted octanol–water partition coefficient (Wildman–Crippen LogP) is 1.50. The van der Waals surface area contributed by atoms with Crippen LogP contribution in [0.15, 0.2) is 0 Å². The largest absolute Gasteiger partial charge is 0.381 e. The second kappa shape index (κ2) is 6.14. The van der Waals surface area contributed by atoms with Gasteiger partial charge in [-0.2, -0.15) is 0 Å². The van der Waals surface area contributed by atoms with Crippen molar-refractivity contribution in [3.05, 3.63) is 0 Å². The minimum Gasteiger partial charge on any atom is -0.381 e. The molecule has 1 aliphatic heterocycles. The van der Waals surface area contributed by atoms with Crippen LogP contribution in [0.25, 0.3) is 0 Å². The molecular weight excluding hydrogens is 178 g/mol. The van der Waals surface area contributed by atoms with Crippen LogP contribution in [-0.4, -0.2) is 25.0 Å². The Hall–Kier alpha value is -0.410. The molecule has 1 atom stereocenters. The zero-order chi connectivity index (χ0) is 10.4. The van der Waals surface area contributed by atoms with Crippen LogP contribution in [0, 0.1) is 5.92 Å². The second-order valence-electron chi connectivity index (χ2n) is 4.31. The molecule has 0 aromatic heterocycles. The van der Waals surface area contributed by atoms with Crippen LogP contribution in [0.3, 0.4) is 0 Å². The van der Waals surface area contributed by atoms with E-state index in [-0.39, 0.29) is 6.04 Å². The molecule has 1 heterocycles. The van der Waals surface area contributed by atoms with E-state index in [4.69, 9.17) is 10.5 Å². The molecule has 2 N–H and O–H groups in total. The van der Waals surface area contributed by atoms with Crippen LogP contribution in [0.5, 0.6) is 0 Å². The molecule has 3 heteroatoms. The Labute approximate surface area is 86.0 Å². The van der Waals surface area contributed by atoms with Gasteiger partial charge in [0.25, 0.3) is 0 Å². The highest BCUT2D eigenvalue weighted by molar-refractivity contribution is 5.78. The standard InChI is InChI=1S/C11H21NO2/c1-9(12)2-3-11(13)8-10-4-6-14-7-5-10/h9-10H,2-8,12H2,1H3. The summed E-state index contributed by atoms with van der Waals surface area (Å²) >= 11 is 0. The fourth-order valence-electron chi connectivity index (χ4n) is 1.76. The van der Waals surface area contributed by atoms with Crippen molar-refractivity contribution < 1.29 is 9.53 Å². The van der Waals surface area contributed by atoms with Crippen LogP contribution in [0.1, 0.15) is 39.0 Å². The zero-order valence-electron chi connectivity index (χ0n) is 9.00. The predicted molar refractivity (Wildman–Crippen MR) is 56.1 cm³/mol. The van der Waals surface area contributed by atoms with Crippen molar-refractivity contribution >= 4 is 5.78 Å². The Kier molecular flexibility index (Phi) is 5.12. The summed E-state index contributed by atoms with van der Waals surface area (Å²) in [6.45, 7) is 3.60. The number of ketones is 1. The quantitative estimate of drug-likeness (QED) is 0.730. The number of hydrogen-bond donors (Lipinski definition) is 1. The van der Waals surface area contributed by atoms with Crippen molar-refractivity contribution in [2.45, 2.75) is 45.1 Å². The first-order valence-electron chi connectivity index (χ1n) is 5.53. The SMILES string of the molecule is CC(N)CCC(=O)CC1CCOCC1. The van der Waals surface area contributed by atoms with Crippen LogP contribution in [-0.2, 0) is 9.53 Å². The molecule has 0 bridgehead atoms. The first-order valence-corrected chi connectivity index (χ1v) is 5.53. The van der Waals surface area contributed by atoms with Crippen molar-refractivity contribution in [3.63, 3.8) is 0 Å². The maximum Gasteiger partial charge on any atom is 0.133 e. The van der Waals surface area contributed by atoms with Crippen LogP contribution >= 0.6 is 0 Å². The van der Waals surface area contributed by atoms with Crippen molar-refractivity contribution in [2.75, 3.05) is 13.2 Å². The van der Waals surface area contributed by atoms with E-state index >= 15 is 0 Å². The molecule has 82 valence electrons. The molecule has 0 amide bonds. The van der Waals surface area contributed by atoms with Gasteiger partial charge in [0.05, 0.1) is 0 Å². The molecule has 1 aliphatic rings. The van der Waals surface area contributed by atoms with Crippen LogP contribution in [0.2, 0.25) is 0 Å². The summed E-state index contributed by atoms with van der Waals surface area (Å²) in [5.74, 6) is 0.929. The van der Waals surface area contributed by atoms with Gasteiger partial charge in [0.1, 0.15) is 5.78 Å². The first kappa shape index (κ1) is 11.7. The van der Waals surface area contributed by atoms with Gasteiger partial charge in [-0.15, -0.1) is 0 Å².